The number of hydrogen-bond donors (Lipinski definition) is 2. The van der Waals surface area contributed by atoms with Crippen LogP contribution in [0.3, 0.4) is 0 Å². The molecule has 0 saturated carbocycles. The zero-order chi connectivity index (χ0) is 26.8. The maximum atomic E-state index is 13.6. The summed E-state index contributed by atoms with van der Waals surface area (Å²) in [5, 5.41) is 5.93. The molecule has 0 bridgehead atoms. The molecule has 0 fully saturated rings. The number of anilines is 2. The summed E-state index contributed by atoms with van der Waals surface area (Å²) < 4.78 is 57.1. The fourth-order valence-corrected chi connectivity index (χ4v) is 4.83. The molecule has 1 atom stereocenters. The SMILES string of the molecule is CC(=O)Nc1nc2c(Oc3cc(-c4ccc(C(F)(F)P)cc4)nc(NCCS(C)(=O)=O)n3)cccc2s1. The van der Waals surface area contributed by atoms with Crippen LogP contribution in [0.1, 0.15) is 12.5 Å². The highest BCUT2D eigenvalue weighted by molar-refractivity contribution is 7.90. The highest BCUT2D eigenvalue weighted by atomic mass is 32.2. The predicted molar refractivity (Wildman–Crippen MR) is 143 cm³/mol. The topological polar surface area (TPSA) is 123 Å². The molecular weight excluding hydrogens is 543 g/mol. The van der Waals surface area contributed by atoms with Gasteiger partial charge in [0.2, 0.25) is 17.7 Å². The molecule has 2 N–H and O–H groups in total. The van der Waals surface area contributed by atoms with Gasteiger partial charge in [0.1, 0.15) is 15.4 Å². The lowest BCUT2D eigenvalue weighted by Gasteiger charge is -2.13. The van der Waals surface area contributed by atoms with Gasteiger partial charge in [0.15, 0.2) is 10.9 Å². The average Bonchev–Trinajstić information content (AvgIpc) is 3.20. The highest BCUT2D eigenvalue weighted by Crippen LogP contribution is 2.37. The van der Waals surface area contributed by atoms with Crippen molar-refractivity contribution in [3.8, 4) is 22.9 Å². The van der Waals surface area contributed by atoms with Crippen molar-refractivity contribution in [2.24, 2.45) is 0 Å². The molecule has 0 aliphatic rings. The third-order valence-electron chi connectivity index (χ3n) is 4.90. The second-order valence-electron chi connectivity index (χ2n) is 8.08. The van der Waals surface area contributed by atoms with E-state index in [0.717, 1.165) is 11.0 Å². The number of fused-ring (bicyclic) bond motifs is 1. The van der Waals surface area contributed by atoms with Crippen LogP contribution < -0.4 is 15.4 Å². The molecule has 1 unspecified atom stereocenters. The molecule has 37 heavy (non-hydrogen) atoms. The van der Waals surface area contributed by atoms with Crippen LogP contribution >= 0.6 is 20.6 Å². The molecule has 0 saturated heterocycles. The Morgan fingerprint density at radius 2 is 1.86 bits per heavy atom. The second kappa shape index (κ2) is 10.6. The van der Waals surface area contributed by atoms with E-state index in [0.29, 0.717) is 27.7 Å². The summed E-state index contributed by atoms with van der Waals surface area (Å²) in [6.07, 6.45) is 1.12. The number of halogens is 2. The average molecular weight is 566 g/mol. The number of sulfone groups is 1. The Morgan fingerprint density at radius 3 is 2.51 bits per heavy atom. The number of carbonyl (C=O) groups excluding carboxylic acids is 1. The number of rotatable bonds is 9. The van der Waals surface area contributed by atoms with Crippen molar-refractivity contribution < 1.29 is 26.7 Å². The largest absolute Gasteiger partial charge is 0.437 e. The minimum atomic E-state index is -3.22. The number of nitrogens with one attached hydrogen (secondary N) is 2. The zero-order valence-corrected chi connectivity index (χ0v) is 22.4. The number of thiazole rings is 1. The van der Waals surface area contributed by atoms with Gasteiger partial charge >= 0.3 is 0 Å². The van der Waals surface area contributed by atoms with Crippen LogP contribution in [0.4, 0.5) is 19.9 Å². The quantitative estimate of drug-likeness (QED) is 0.275. The maximum absolute atomic E-state index is 13.6. The summed E-state index contributed by atoms with van der Waals surface area (Å²) >= 11 is 1.28. The fourth-order valence-electron chi connectivity index (χ4n) is 3.24. The van der Waals surface area contributed by atoms with E-state index in [9.17, 15) is 22.0 Å². The maximum Gasteiger partial charge on any atom is 0.283 e. The van der Waals surface area contributed by atoms with Gasteiger partial charge in [0.05, 0.1) is 16.1 Å². The summed E-state index contributed by atoms with van der Waals surface area (Å²) in [6.45, 7) is 1.44. The van der Waals surface area contributed by atoms with Crippen LogP contribution in [0.25, 0.3) is 21.5 Å². The van der Waals surface area contributed by atoms with Crippen molar-refractivity contribution in [2.75, 3.05) is 29.2 Å². The van der Waals surface area contributed by atoms with Crippen molar-refractivity contribution in [3.63, 3.8) is 0 Å². The molecule has 2 heterocycles. The summed E-state index contributed by atoms with van der Waals surface area (Å²) in [4.78, 5) is 24.6. The number of para-hydroxylation sites is 1. The normalized spacial score (nSPS) is 11.9. The smallest absolute Gasteiger partial charge is 0.283 e. The lowest BCUT2D eigenvalue weighted by atomic mass is 10.1. The van der Waals surface area contributed by atoms with Gasteiger partial charge in [0, 0.05) is 36.9 Å². The van der Waals surface area contributed by atoms with Crippen LogP contribution in [-0.2, 0) is 20.3 Å². The second-order valence-corrected chi connectivity index (χ2v) is 12.1. The summed E-state index contributed by atoms with van der Waals surface area (Å²) in [7, 11) is -1.73. The van der Waals surface area contributed by atoms with Crippen LogP contribution in [-0.4, -0.2) is 47.8 Å². The zero-order valence-electron chi connectivity index (χ0n) is 19.7. The highest BCUT2D eigenvalue weighted by Gasteiger charge is 2.24. The van der Waals surface area contributed by atoms with Crippen molar-refractivity contribution in [1.82, 2.24) is 15.0 Å². The van der Waals surface area contributed by atoms with E-state index in [-0.39, 0.29) is 35.6 Å². The minimum absolute atomic E-state index is 0.0572. The number of carbonyl (C=O) groups is 1. The van der Waals surface area contributed by atoms with E-state index >= 15 is 0 Å². The predicted octanol–water partition coefficient (Wildman–Crippen LogP) is 4.88. The first-order valence-electron chi connectivity index (χ1n) is 10.8. The Labute approximate surface area is 217 Å². The number of aromatic nitrogens is 3. The van der Waals surface area contributed by atoms with E-state index in [2.05, 4.69) is 25.6 Å². The number of alkyl halides is 2. The van der Waals surface area contributed by atoms with Gasteiger partial charge in [0.25, 0.3) is 5.66 Å². The van der Waals surface area contributed by atoms with E-state index in [4.69, 9.17) is 4.74 Å². The molecule has 0 aliphatic heterocycles. The summed E-state index contributed by atoms with van der Waals surface area (Å²) in [5.74, 6) is 0.195. The Morgan fingerprint density at radius 1 is 1.14 bits per heavy atom. The van der Waals surface area contributed by atoms with Gasteiger partial charge in [-0.15, -0.1) is 0 Å². The van der Waals surface area contributed by atoms with E-state index < -0.39 is 15.5 Å². The molecule has 194 valence electrons. The Kier molecular flexibility index (Phi) is 7.67. The van der Waals surface area contributed by atoms with Crippen molar-refractivity contribution >= 4 is 57.6 Å². The number of ether oxygens (including phenoxy) is 1. The molecule has 2 aromatic heterocycles. The van der Waals surface area contributed by atoms with Crippen molar-refractivity contribution in [3.05, 3.63) is 54.1 Å². The van der Waals surface area contributed by atoms with E-state index in [1.54, 1.807) is 12.1 Å². The monoisotopic (exact) mass is 565 g/mol. The van der Waals surface area contributed by atoms with Crippen LogP contribution in [0, 0.1) is 0 Å². The molecule has 9 nitrogen and oxygen atoms in total. The van der Waals surface area contributed by atoms with Gasteiger partial charge in [-0.3, -0.25) is 4.79 Å². The molecule has 0 radical (unpaired) electrons. The Balaban J connectivity index is 1.70. The lowest BCUT2D eigenvalue weighted by Crippen LogP contribution is -2.15. The molecule has 0 spiro atoms. The summed E-state index contributed by atoms with van der Waals surface area (Å²) in [6, 6.07) is 12.4. The van der Waals surface area contributed by atoms with Crippen LogP contribution in [0.15, 0.2) is 48.5 Å². The first kappa shape index (κ1) is 26.8. The first-order valence-corrected chi connectivity index (χ1v) is 14.3. The van der Waals surface area contributed by atoms with E-state index in [1.807, 2.05) is 6.07 Å². The molecule has 0 aliphatic carbocycles. The summed E-state index contributed by atoms with van der Waals surface area (Å²) in [5.41, 5.74) is -1.84. The number of nitrogens with zero attached hydrogens (tertiary/aromatic N) is 3. The Hall–Kier alpha value is -3.28. The number of amides is 1. The van der Waals surface area contributed by atoms with Gasteiger partial charge in [-0.2, -0.15) is 13.8 Å². The third-order valence-corrected chi connectivity index (χ3v) is 7.12. The third kappa shape index (κ3) is 7.15. The minimum Gasteiger partial charge on any atom is -0.437 e. The first-order chi connectivity index (χ1) is 17.4. The molecule has 14 heteroatoms. The molecule has 2 aromatic carbocycles. The molecule has 4 rings (SSSR count). The van der Waals surface area contributed by atoms with Gasteiger partial charge in [-0.1, -0.05) is 50.9 Å². The van der Waals surface area contributed by atoms with Crippen LogP contribution in [0.2, 0.25) is 0 Å². The van der Waals surface area contributed by atoms with Gasteiger partial charge in [-0.05, 0) is 12.1 Å². The lowest BCUT2D eigenvalue weighted by molar-refractivity contribution is -0.114. The van der Waals surface area contributed by atoms with E-state index in [1.165, 1.54) is 57.8 Å². The standard InChI is InChI=1S/C23H22F2N5O4PS2/c1-13(31)27-22-30-20-17(4-3-5-18(20)36-22)34-19-12-16(14-6-8-15(9-7-14)23(24,25)35)28-21(29-19)26-10-11-37(2,32)33/h3-9,12H,10-11,35H2,1-2H3,(H,26,28,29)(H,27,30,31). The fraction of sp³-hybridized carbons (Fsp3) is 0.217. The number of hydrogen-bond acceptors (Lipinski definition) is 9. The van der Waals surface area contributed by atoms with Crippen LogP contribution in [0.5, 0.6) is 11.6 Å². The van der Waals surface area contributed by atoms with Gasteiger partial charge in [-0.25, -0.2) is 18.4 Å². The molecule has 1 amide bonds. The van der Waals surface area contributed by atoms with Crippen molar-refractivity contribution in [2.45, 2.75) is 12.6 Å². The number of benzene rings is 2. The van der Waals surface area contributed by atoms with Crippen molar-refractivity contribution in [1.29, 1.82) is 0 Å². The molecular formula is C23H22F2N5O4PS2. The Bertz CT molecular complexity index is 1560. The van der Waals surface area contributed by atoms with Gasteiger partial charge < -0.3 is 15.4 Å². The molecule has 4 aromatic rings.